The predicted octanol–water partition coefficient (Wildman–Crippen LogP) is 5.77. The first-order valence-corrected chi connectivity index (χ1v) is 11.9. The molecule has 0 spiro atoms. The maximum absolute atomic E-state index is 13.0. The second kappa shape index (κ2) is 10.6. The normalized spacial score (nSPS) is 14.7. The summed E-state index contributed by atoms with van der Waals surface area (Å²) < 4.78 is 12.4. The number of ether oxygens (including phenoxy) is 2. The van der Waals surface area contributed by atoms with Gasteiger partial charge in [0, 0.05) is 12.4 Å². The smallest absolute Gasteiger partial charge is 0.266 e. The molecule has 0 saturated carbocycles. The van der Waals surface area contributed by atoms with Gasteiger partial charge in [-0.15, -0.1) is 0 Å². The minimum atomic E-state index is -0.105. The second-order valence-corrected chi connectivity index (χ2v) is 9.22. The van der Waals surface area contributed by atoms with Crippen LogP contribution in [0.2, 0.25) is 0 Å². The molecule has 2 heterocycles. The number of thioether (sulfide) groups is 1. The SMILES string of the molecule is CCOc1cc(/C=C2\SC(=S)N(Cc3cccnc3)C2=O)ccc1OCc1ccc(C)cc1. The van der Waals surface area contributed by atoms with Crippen molar-refractivity contribution in [3.63, 3.8) is 0 Å². The van der Waals surface area contributed by atoms with E-state index in [0.717, 1.165) is 16.7 Å². The first kappa shape index (κ1) is 23.0. The van der Waals surface area contributed by atoms with Crippen LogP contribution in [-0.4, -0.2) is 26.7 Å². The number of rotatable bonds is 8. The molecule has 0 N–H and O–H groups in total. The van der Waals surface area contributed by atoms with Crippen molar-refractivity contribution < 1.29 is 14.3 Å². The third kappa shape index (κ3) is 5.80. The minimum Gasteiger partial charge on any atom is -0.490 e. The first-order valence-electron chi connectivity index (χ1n) is 10.6. The highest BCUT2D eigenvalue weighted by Crippen LogP contribution is 2.35. The number of hydrogen-bond donors (Lipinski definition) is 0. The van der Waals surface area contributed by atoms with Crippen LogP contribution in [0.25, 0.3) is 6.08 Å². The van der Waals surface area contributed by atoms with E-state index in [-0.39, 0.29) is 5.91 Å². The predicted molar refractivity (Wildman–Crippen MR) is 136 cm³/mol. The van der Waals surface area contributed by atoms with Gasteiger partial charge in [-0.05, 0) is 54.8 Å². The van der Waals surface area contributed by atoms with Crippen LogP contribution in [0.5, 0.6) is 11.5 Å². The van der Waals surface area contributed by atoms with Gasteiger partial charge in [0.1, 0.15) is 10.9 Å². The molecule has 1 amide bonds. The average Bonchev–Trinajstić information content (AvgIpc) is 3.08. The van der Waals surface area contributed by atoms with E-state index in [1.54, 1.807) is 17.3 Å². The third-order valence-electron chi connectivity index (χ3n) is 5.02. The molecule has 0 radical (unpaired) electrons. The van der Waals surface area contributed by atoms with Crippen LogP contribution in [0.3, 0.4) is 0 Å². The fourth-order valence-corrected chi connectivity index (χ4v) is 4.56. The van der Waals surface area contributed by atoms with Gasteiger partial charge in [-0.2, -0.15) is 0 Å². The van der Waals surface area contributed by atoms with Crippen molar-refractivity contribution in [3.8, 4) is 11.5 Å². The highest BCUT2D eigenvalue weighted by molar-refractivity contribution is 8.26. The highest BCUT2D eigenvalue weighted by atomic mass is 32.2. The topological polar surface area (TPSA) is 51.7 Å². The van der Waals surface area contributed by atoms with Gasteiger partial charge in [0.2, 0.25) is 0 Å². The standard InChI is InChI=1S/C26H24N2O3S2/c1-3-30-23-13-20(10-11-22(23)31-17-19-8-6-18(2)7-9-19)14-24-25(29)28(26(32)33-24)16-21-5-4-12-27-15-21/h4-15H,3,16-17H2,1-2H3/b24-14-. The van der Waals surface area contributed by atoms with Crippen LogP contribution < -0.4 is 9.47 Å². The Morgan fingerprint density at radius 2 is 1.88 bits per heavy atom. The maximum atomic E-state index is 13.0. The van der Waals surface area contributed by atoms with Crippen molar-refractivity contribution >= 4 is 40.3 Å². The summed E-state index contributed by atoms with van der Waals surface area (Å²) in [7, 11) is 0. The number of amides is 1. The van der Waals surface area contributed by atoms with Gasteiger partial charge in [-0.1, -0.05) is 65.9 Å². The Morgan fingerprint density at radius 3 is 2.61 bits per heavy atom. The number of benzene rings is 2. The van der Waals surface area contributed by atoms with Gasteiger partial charge >= 0.3 is 0 Å². The fraction of sp³-hybridized carbons (Fsp3) is 0.192. The summed E-state index contributed by atoms with van der Waals surface area (Å²) in [5.74, 6) is 1.20. The third-order valence-corrected chi connectivity index (χ3v) is 6.40. The molecule has 3 aromatic rings. The zero-order valence-electron chi connectivity index (χ0n) is 18.5. The van der Waals surface area contributed by atoms with Gasteiger partial charge in [-0.3, -0.25) is 14.7 Å². The van der Waals surface area contributed by atoms with E-state index in [2.05, 4.69) is 36.2 Å². The van der Waals surface area contributed by atoms with Crippen molar-refractivity contribution in [1.82, 2.24) is 9.88 Å². The van der Waals surface area contributed by atoms with Crippen molar-refractivity contribution in [2.75, 3.05) is 6.61 Å². The summed E-state index contributed by atoms with van der Waals surface area (Å²) in [5.41, 5.74) is 4.08. The summed E-state index contributed by atoms with van der Waals surface area (Å²) in [6.45, 7) is 5.36. The molecule has 1 aromatic heterocycles. The summed E-state index contributed by atoms with van der Waals surface area (Å²) in [6.07, 6.45) is 5.29. The number of aromatic nitrogens is 1. The number of aryl methyl sites for hydroxylation is 1. The molecule has 0 aliphatic carbocycles. The van der Waals surface area contributed by atoms with Crippen molar-refractivity contribution in [2.45, 2.75) is 27.0 Å². The number of carbonyl (C=O) groups excluding carboxylic acids is 1. The molecule has 168 valence electrons. The van der Waals surface area contributed by atoms with Crippen molar-refractivity contribution in [1.29, 1.82) is 0 Å². The lowest BCUT2D eigenvalue weighted by Crippen LogP contribution is -2.27. The largest absolute Gasteiger partial charge is 0.490 e. The summed E-state index contributed by atoms with van der Waals surface area (Å²) in [4.78, 5) is 19.3. The van der Waals surface area contributed by atoms with E-state index in [1.807, 2.05) is 43.3 Å². The highest BCUT2D eigenvalue weighted by Gasteiger charge is 2.32. The minimum absolute atomic E-state index is 0.105. The number of thiocarbonyl (C=S) groups is 1. The molecule has 1 saturated heterocycles. The Labute approximate surface area is 203 Å². The molecule has 0 unspecified atom stereocenters. The molecule has 1 aliphatic heterocycles. The maximum Gasteiger partial charge on any atom is 0.266 e. The van der Waals surface area contributed by atoms with Gasteiger partial charge in [0.15, 0.2) is 11.5 Å². The molecule has 1 fully saturated rings. The molecule has 2 aromatic carbocycles. The quantitative estimate of drug-likeness (QED) is 0.304. The van der Waals surface area contributed by atoms with Crippen LogP contribution in [0.4, 0.5) is 0 Å². The molecule has 4 rings (SSSR count). The van der Waals surface area contributed by atoms with Gasteiger partial charge < -0.3 is 9.47 Å². The summed E-state index contributed by atoms with van der Waals surface area (Å²) in [5, 5.41) is 0. The van der Waals surface area contributed by atoms with Gasteiger partial charge in [-0.25, -0.2) is 0 Å². The number of pyridine rings is 1. The number of carbonyl (C=O) groups is 1. The lowest BCUT2D eigenvalue weighted by molar-refractivity contribution is -0.122. The van der Waals surface area contributed by atoms with E-state index in [4.69, 9.17) is 21.7 Å². The summed E-state index contributed by atoms with van der Waals surface area (Å²) >= 11 is 6.75. The number of nitrogens with zero attached hydrogens (tertiary/aromatic N) is 2. The molecule has 1 aliphatic rings. The zero-order chi connectivity index (χ0) is 23.2. The van der Waals surface area contributed by atoms with E-state index in [1.165, 1.54) is 17.3 Å². The van der Waals surface area contributed by atoms with Crippen LogP contribution in [0, 0.1) is 6.92 Å². The lowest BCUT2D eigenvalue weighted by Gasteiger charge is -2.14. The molecule has 5 nitrogen and oxygen atoms in total. The molecule has 0 bridgehead atoms. The Hall–Kier alpha value is -3.16. The van der Waals surface area contributed by atoms with E-state index in [0.29, 0.717) is 40.5 Å². The van der Waals surface area contributed by atoms with Crippen LogP contribution in [-0.2, 0) is 17.9 Å². The monoisotopic (exact) mass is 476 g/mol. The van der Waals surface area contributed by atoms with Crippen LogP contribution in [0.15, 0.2) is 71.9 Å². The first-order chi connectivity index (χ1) is 16.0. The number of hydrogen-bond acceptors (Lipinski definition) is 6. The Balaban J connectivity index is 1.50. The van der Waals surface area contributed by atoms with E-state index < -0.39 is 0 Å². The lowest BCUT2D eigenvalue weighted by atomic mass is 10.1. The molecule has 0 atom stereocenters. The van der Waals surface area contributed by atoms with E-state index in [9.17, 15) is 4.79 Å². The van der Waals surface area contributed by atoms with Crippen molar-refractivity contribution in [2.24, 2.45) is 0 Å². The van der Waals surface area contributed by atoms with E-state index >= 15 is 0 Å². The fourth-order valence-electron chi connectivity index (χ4n) is 3.31. The Morgan fingerprint density at radius 1 is 1.06 bits per heavy atom. The molecular formula is C26H24N2O3S2. The summed E-state index contributed by atoms with van der Waals surface area (Å²) in [6, 6.07) is 17.7. The molecular weight excluding hydrogens is 452 g/mol. The Bertz CT molecular complexity index is 1180. The molecule has 7 heteroatoms. The Kier molecular flexibility index (Phi) is 7.42. The van der Waals surface area contributed by atoms with Crippen LogP contribution >= 0.6 is 24.0 Å². The van der Waals surface area contributed by atoms with Crippen molar-refractivity contribution in [3.05, 3.63) is 94.1 Å². The van der Waals surface area contributed by atoms with Gasteiger partial charge in [0.05, 0.1) is 18.1 Å². The van der Waals surface area contributed by atoms with Gasteiger partial charge in [0.25, 0.3) is 5.91 Å². The second-order valence-electron chi connectivity index (χ2n) is 7.54. The van der Waals surface area contributed by atoms with Crippen LogP contribution in [0.1, 0.15) is 29.2 Å². The molecule has 33 heavy (non-hydrogen) atoms. The zero-order valence-corrected chi connectivity index (χ0v) is 20.1. The average molecular weight is 477 g/mol.